The molecule has 0 atom stereocenters. The van der Waals surface area contributed by atoms with E-state index in [0.717, 1.165) is 18.7 Å². The Bertz CT molecular complexity index is 54.5. The first-order valence-electron chi connectivity index (χ1n) is 2.80. The molecule has 0 radical (unpaired) electrons. The summed E-state index contributed by atoms with van der Waals surface area (Å²) in [6, 6.07) is 0. The van der Waals surface area contributed by atoms with Gasteiger partial charge in [0, 0.05) is 12.3 Å². The molecule has 0 spiro atoms. The normalized spacial score (nSPS) is 9.12. The van der Waals surface area contributed by atoms with Gasteiger partial charge in [-0.15, -0.1) is 6.58 Å². The molecule has 0 bridgehead atoms. The minimum atomic E-state index is 0.793. The molecule has 2 N–H and O–H groups in total. The summed E-state index contributed by atoms with van der Waals surface area (Å²) in [5.74, 6) is 2.24. The second-order valence-electron chi connectivity index (χ2n) is 1.48. The van der Waals surface area contributed by atoms with Gasteiger partial charge in [-0.2, -0.15) is 11.8 Å². The highest BCUT2D eigenvalue weighted by atomic mass is 32.2. The van der Waals surface area contributed by atoms with Crippen LogP contribution < -0.4 is 5.73 Å². The number of hydrogen-bond donors (Lipinski definition) is 1. The number of thioether (sulfide) groups is 1. The van der Waals surface area contributed by atoms with Crippen molar-refractivity contribution in [3.63, 3.8) is 0 Å². The fourth-order valence-electron chi connectivity index (χ4n) is 0.352. The van der Waals surface area contributed by atoms with Gasteiger partial charge in [-0.1, -0.05) is 6.08 Å². The van der Waals surface area contributed by atoms with Gasteiger partial charge in [0.05, 0.1) is 0 Å². The Morgan fingerprint density at radius 2 is 2.25 bits per heavy atom. The maximum absolute atomic E-state index is 5.26. The third-order valence-electron chi connectivity index (χ3n) is 0.729. The van der Waals surface area contributed by atoms with Crippen molar-refractivity contribution in [2.24, 2.45) is 5.73 Å². The highest BCUT2D eigenvalue weighted by Crippen LogP contribution is 1.99. The van der Waals surface area contributed by atoms with Crippen molar-refractivity contribution in [1.82, 2.24) is 0 Å². The number of nitrogens with two attached hydrogens (primary N) is 1. The topological polar surface area (TPSA) is 26.0 Å². The van der Waals surface area contributed by atoms with Crippen LogP contribution in [0.2, 0.25) is 0 Å². The molecule has 0 aliphatic heterocycles. The molecule has 0 saturated heterocycles. The van der Waals surface area contributed by atoms with Gasteiger partial charge in [0.2, 0.25) is 0 Å². The van der Waals surface area contributed by atoms with Crippen LogP contribution in [-0.4, -0.2) is 18.1 Å². The quantitative estimate of drug-likeness (QED) is 0.449. The lowest BCUT2D eigenvalue weighted by Crippen LogP contribution is -2.01. The third-order valence-corrected chi connectivity index (χ3v) is 1.78. The Morgan fingerprint density at radius 1 is 1.50 bits per heavy atom. The highest BCUT2D eigenvalue weighted by molar-refractivity contribution is 7.99. The molecule has 2 heteroatoms. The third kappa shape index (κ3) is 6.05. The summed E-state index contributed by atoms with van der Waals surface area (Å²) in [5.41, 5.74) is 5.26. The van der Waals surface area contributed by atoms with E-state index >= 15 is 0 Å². The number of allylic oxidation sites excluding steroid dienone is 1. The van der Waals surface area contributed by atoms with Gasteiger partial charge in [-0.05, 0) is 12.2 Å². The summed E-state index contributed by atoms with van der Waals surface area (Å²) in [4.78, 5) is 0. The van der Waals surface area contributed by atoms with E-state index in [0.29, 0.717) is 0 Å². The molecule has 0 aliphatic rings. The second-order valence-corrected chi connectivity index (χ2v) is 2.70. The maximum Gasteiger partial charge on any atom is 0.00559 e. The molecule has 0 saturated carbocycles. The van der Waals surface area contributed by atoms with Crippen molar-refractivity contribution in [3.8, 4) is 0 Å². The minimum absolute atomic E-state index is 0.793. The van der Waals surface area contributed by atoms with Crippen LogP contribution in [0.5, 0.6) is 0 Å². The average molecular weight is 131 g/mol. The zero-order chi connectivity index (χ0) is 6.24. The van der Waals surface area contributed by atoms with E-state index < -0.39 is 0 Å². The summed E-state index contributed by atoms with van der Waals surface area (Å²) >= 11 is 1.88. The first-order valence-corrected chi connectivity index (χ1v) is 3.96. The van der Waals surface area contributed by atoms with Crippen molar-refractivity contribution in [2.75, 3.05) is 18.1 Å². The molecule has 1 nitrogen and oxygen atoms in total. The van der Waals surface area contributed by atoms with Crippen LogP contribution in [0.15, 0.2) is 12.7 Å². The zero-order valence-electron chi connectivity index (χ0n) is 5.10. The molecule has 8 heavy (non-hydrogen) atoms. The van der Waals surface area contributed by atoms with E-state index in [-0.39, 0.29) is 0 Å². The molecular formula is C6H13NS. The molecule has 0 amide bonds. The van der Waals surface area contributed by atoms with E-state index in [4.69, 9.17) is 5.73 Å². The Hall–Kier alpha value is 0.0500. The molecule has 0 fully saturated rings. The number of hydrogen-bond acceptors (Lipinski definition) is 2. The summed E-state index contributed by atoms with van der Waals surface area (Å²) in [6.07, 6.45) is 3.04. The van der Waals surface area contributed by atoms with Crippen molar-refractivity contribution in [1.29, 1.82) is 0 Å². The molecule has 0 aromatic heterocycles. The summed E-state index contributed by atoms with van der Waals surface area (Å²) in [7, 11) is 0. The van der Waals surface area contributed by atoms with E-state index in [2.05, 4.69) is 6.58 Å². The largest absolute Gasteiger partial charge is 0.330 e. The van der Waals surface area contributed by atoms with Gasteiger partial charge >= 0.3 is 0 Å². The lowest BCUT2D eigenvalue weighted by Gasteiger charge is -1.92. The molecule has 48 valence electrons. The van der Waals surface area contributed by atoms with Gasteiger partial charge in [-0.25, -0.2) is 0 Å². The fraction of sp³-hybridized carbons (Fsp3) is 0.667. The molecule has 0 heterocycles. The lowest BCUT2D eigenvalue weighted by atomic mass is 10.5. The smallest absolute Gasteiger partial charge is 0.00559 e. The summed E-state index contributed by atoms with van der Waals surface area (Å²) in [6.45, 7) is 4.41. The van der Waals surface area contributed by atoms with Crippen LogP contribution in [-0.2, 0) is 0 Å². The van der Waals surface area contributed by atoms with Crippen LogP contribution in [0, 0.1) is 0 Å². The van der Waals surface area contributed by atoms with Crippen LogP contribution in [0.4, 0.5) is 0 Å². The Morgan fingerprint density at radius 3 is 2.75 bits per heavy atom. The predicted octanol–water partition coefficient (Wildman–Crippen LogP) is 1.25. The first kappa shape index (κ1) is 8.05. The van der Waals surface area contributed by atoms with Crippen LogP contribution in [0.25, 0.3) is 0 Å². The molecule has 0 rings (SSSR count). The predicted molar refractivity (Wildman–Crippen MR) is 41.2 cm³/mol. The van der Waals surface area contributed by atoms with Gasteiger partial charge in [0.15, 0.2) is 0 Å². The van der Waals surface area contributed by atoms with Crippen molar-refractivity contribution >= 4 is 11.8 Å². The first-order chi connectivity index (χ1) is 3.91. The summed E-state index contributed by atoms with van der Waals surface area (Å²) < 4.78 is 0. The Labute approximate surface area is 55.3 Å². The molecular weight excluding hydrogens is 118 g/mol. The Balaban J connectivity index is 2.62. The van der Waals surface area contributed by atoms with Gasteiger partial charge in [-0.3, -0.25) is 0 Å². The van der Waals surface area contributed by atoms with E-state index in [9.17, 15) is 0 Å². The monoisotopic (exact) mass is 131 g/mol. The van der Waals surface area contributed by atoms with Crippen LogP contribution in [0.3, 0.4) is 0 Å². The van der Waals surface area contributed by atoms with Gasteiger partial charge < -0.3 is 5.73 Å². The maximum atomic E-state index is 5.26. The van der Waals surface area contributed by atoms with Crippen molar-refractivity contribution in [2.45, 2.75) is 6.42 Å². The SMILES string of the molecule is C=CCCSCCN. The second kappa shape index (κ2) is 7.05. The molecule has 0 unspecified atom stereocenters. The van der Waals surface area contributed by atoms with E-state index in [1.165, 1.54) is 5.75 Å². The van der Waals surface area contributed by atoms with Gasteiger partial charge in [0.1, 0.15) is 0 Å². The van der Waals surface area contributed by atoms with Crippen LogP contribution >= 0.6 is 11.8 Å². The zero-order valence-corrected chi connectivity index (χ0v) is 5.91. The summed E-state index contributed by atoms with van der Waals surface area (Å²) in [5, 5.41) is 0. The van der Waals surface area contributed by atoms with Crippen LogP contribution in [0.1, 0.15) is 6.42 Å². The molecule has 0 aromatic rings. The van der Waals surface area contributed by atoms with E-state index in [1.807, 2.05) is 17.8 Å². The highest BCUT2D eigenvalue weighted by Gasteiger charge is 1.81. The molecule has 0 aromatic carbocycles. The average Bonchev–Trinajstić information content (AvgIpc) is 1.81. The molecule has 0 aliphatic carbocycles. The van der Waals surface area contributed by atoms with Crippen molar-refractivity contribution in [3.05, 3.63) is 12.7 Å². The van der Waals surface area contributed by atoms with Gasteiger partial charge in [0.25, 0.3) is 0 Å². The minimum Gasteiger partial charge on any atom is -0.330 e. The standard InChI is InChI=1S/C6H13NS/c1-2-3-5-8-6-4-7/h2H,1,3-7H2. The fourth-order valence-corrected chi connectivity index (χ4v) is 1.06. The van der Waals surface area contributed by atoms with E-state index in [1.54, 1.807) is 0 Å². The lowest BCUT2D eigenvalue weighted by molar-refractivity contribution is 1.14. The van der Waals surface area contributed by atoms with Crippen molar-refractivity contribution < 1.29 is 0 Å². The Kier molecular flexibility index (Phi) is 7.09. The number of rotatable bonds is 5.